The molecule has 2 atom stereocenters. The van der Waals surface area contributed by atoms with Crippen LogP contribution in [0.4, 0.5) is 26.3 Å². The lowest BCUT2D eigenvalue weighted by molar-refractivity contribution is -0.143. The summed E-state index contributed by atoms with van der Waals surface area (Å²) in [6, 6.07) is 18.5. The van der Waals surface area contributed by atoms with Gasteiger partial charge in [-0.15, -0.1) is 0 Å². The minimum atomic E-state index is -5.09. The molecule has 0 aliphatic rings. The van der Waals surface area contributed by atoms with Crippen molar-refractivity contribution >= 4 is 5.97 Å². The number of halogens is 6. The zero-order chi connectivity index (χ0) is 27.4. The first-order chi connectivity index (χ1) is 17.2. The van der Waals surface area contributed by atoms with Crippen molar-refractivity contribution in [3.05, 3.63) is 107 Å². The fraction of sp³-hybridized carbons (Fsp3) is 0.321. The van der Waals surface area contributed by atoms with Crippen LogP contribution in [0.15, 0.2) is 78.9 Å². The van der Waals surface area contributed by atoms with E-state index in [1.165, 1.54) is 0 Å². The molecule has 3 aromatic carbocycles. The lowest BCUT2D eigenvalue weighted by atomic mass is 9.77. The number of carbonyl (C=O) groups excluding carboxylic acids is 1. The quantitative estimate of drug-likeness (QED) is 0.231. The third-order valence-electron chi connectivity index (χ3n) is 6.11. The second-order valence-electron chi connectivity index (χ2n) is 9.27. The van der Waals surface area contributed by atoms with Gasteiger partial charge in [0.05, 0.1) is 16.7 Å². The van der Waals surface area contributed by atoms with Gasteiger partial charge in [-0.2, -0.15) is 26.3 Å². The Morgan fingerprint density at radius 2 is 1.27 bits per heavy atom. The highest BCUT2D eigenvalue weighted by Crippen LogP contribution is 2.40. The first-order valence-electron chi connectivity index (χ1n) is 11.5. The van der Waals surface area contributed by atoms with Gasteiger partial charge < -0.3 is 9.64 Å². The van der Waals surface area contributed by atoms with Crippen molar-refractivity contribution in [2.75, 3.05) is 20.6 Å². The predicted molar refractivity (Wildman–Crippen MR) is 128 cm³/mol. The van der Waals surface area contributed by atoms with Crippen LogP contribution < -0.4 is 0 Å². The van der Waals surface area contributed by atoms with Crippen molar-refractivity contribution < 1.29 is 35.9 Å². The first-order valence-corrected chi connectivity index (χ1v) is 11.5. The van der Waals surface area contributed by atoms with Gasteiger partial charge in [0, 0.05) is 18.9 Å². The number of alkyl halides is 6. The largest absolute Gasteiger partial charge is 0.450 e. The van der Waals surface area contributed by atoms with Crippen molar-refractivity contribution in [1.82, 2.24) is 4.90 Å². The van der Waals surface area contributed by atoms with E-state index in [-0.39, 0.29) is 12.5 Å². The van der Waals surface area contributed by atoms with Crippen molar-refractivity contribution in [3.63, 3.8) is 0 Å². The summed E-state index contributed by atoms with van der Waals surface area (Å²) in [5, 5.41) is 0. The van der Waals surface area contributed by atoms with E-state index in [0.717, 1.165) is 5.56 Å². The summed E-state index contributed by atoms with van der Waals surface area (Å²) in [6.07, 6.45) is -10.0. The number of rotatable bonds is 8. The standard InChI is InChI=1S/C28H27F6NO2/c1-19(18-35(2)3)26(22-12-8-5-9-13-22,17-20-10-6-4-7-11-20)37-25(36)21-14-23(27(29,30)31)16-24(15-21)28(32,33)34/h4-16,19H,17-18H2,1-3H3/t19-,26?/m0/s1. The van der Waals surface area contributed by atoms with Gasteiger partial charge >= 0.3 is 18.3 Å². The molecule has 3 nitrogen and oxygen atoms in total. The van der Waals surface area contributed by atoms with Gasteiger partial charge in [-0.05, 0) is 43.4 Å². The monoisotopic (exact) mass is 523 g/mol. The average molecular weight is 524 g/mol. The molecular formula is C28H27F6NO2. The van der Waals surface area contributed by atoms with Crippen LogP contribution in [0.5, 0.6) is 0 Å². The van der Waals surface area contributed by atoms with Crippen LogP contribution in [0.1, 0.15) is 39.5 Å². The Bertz CT molecular complexity index is 1160. The van der Waals surface area contributed by atoms with Gasteiger partial charge in [-0.25, -0.2) is 4.79 Å². The normalized spacial score (nSPS) is 14.8. The summed E-state index contributed by atoms with van der Waals surface area (Å²) in [7, 11) is 3.64. The Morgan fingerprint density at radius 1 is 0.784 bits per heavy atom. The van der Waals surface area contributed by atoms with Gasteiger partial charge in [0.25, 0.3) is 0 Å². The number of hydrogen-bond acceptors (Lipinski definition) is 3. The van der Waals surface area contributed by atoms with E-state index < -0.39 is 46.5 Å². The molecule has 0 radical (unpaired) electrons. The summed E-state index contributed by atoms with van der Waals surface area (Å²) in [5.41, 5.74) is -4.02. The fourth-order valence-electron chi connectivity index (χ4n) is 4.37. The van der Waals surface area contributed by atoms with Crippen LogP contribution in [0.25, 0.3) is 0 Å². The Balaban J connectivity index is 2.18. The maximum atomic E-state index is 13.4. The molecule has 3 rings (SSSR count). The number of carbonyl (C=O) groups is 1. The van der Waals surface area contributed by atoms with Crippen LogP contribution >= 0.6 is 0 Å². The second-order valence-corrected chi connectivity index (χ2v) is 9.27. The van der Waals surface area contributed by atoms with Gasteiger partial charge in [-0.1, -0.05) is 67.6 Å². The van der Waals surface area contributed by atoms with Crippen LogP contribution in [0, 0.1) is 5.92 Å². The predicted octanol–water partition coefficient (Wildman–Crippen LogP) is 7.22. The van der Waals surface area contributed by atoms with E-state index >= 15 is 0 Å². The van der Waals surface area contributed by atoms with E-state index in [1.807, 2.05) is 44.1 Å². The molecule has 0 aliphatic carbocycles. The summed E-state index contributed by atoms with van der Waals surface area (Å²) < 4.78 is 86.6. The van der Waals surface area contributed by atoms with Crippen LogP contribution in [-0.4, -0.2) is 31.5 Å². The zero-order valence-corrected chi connectivity index (χ0v) is 20.5. The third-order valence-corrected chi connectivity index (χ3v) is 6.11. The van der Waals surface area contributed by atoms with Crippen molar-refractivity contribution in [3.8, 4) is 0 Å². The molecule has 0 N–H and O–H groups in total. The van der Waals surface area contributed by atoms with Gasteiger partial charge in [-0.3, -0.25) is 0 Å². The van der Waals surface area contributed by atoms with E-state index in [9.17, 15) is 31.1 Å². The van der Waals surface area contributed by atoms with Crippen LogP contribution in [0.3, 0.4) is 0 Å². The summed E-state index contributed by atoms with van der Waals surface area (Å²) in [6.45, 7) is 2.25. The van der Waals surface area contributed by atoms with E-state index in [4.69, 9.17) is 4.74 Å². The molecule has 0 saturated heterocycles. The Labute approximate surface area is 211 Å². The van der Waals surface area contributed by atoms with Gasteiger partial charge in [0.15, 0.2) is 0 Å². The number of esters is 1. The molecule has 0 heterocycles. The molecule has 0 aliphatic heterocycles. The minimum absolute atomic E-state index is 0.0140. The first kappa shape index (κ1) is 28.2. The zero-order valence-electron chi connectivity index (χ0n) is 20.5. The highest BCUT2D eigenvalue weighted by atomic mass is 19.4. The molecule has 0 aromatic heterocycles. The van der Waals surface area contributed by atoms with Crippen LogP contribution in [0.2, 0.25) is 0 Å². The Hall–Kier alpha value is -3.33. The Morgan fingerprint density at radius 3 is 1.73 bits per heavy atom. The van der Waals surface area contributed by atoms with E-state index in [2.05, 4.69) is 0 Å². The molecule has 9 heteroatoms. The summed E-state index contributed by atoms with van der Waals surface area (Å²) >= 11 is 0. The minimum Gasteiger partial charge on any atom is -0.450 e. The highest BCUT2D eigenvalue weighted by Gasteiger charge is 2.44. The number of benzene rings is 3. The summed E-state index contributed by atoms with van der Waals surface area (Å²) in [4.78, 5) is 15.3. The van der Waals surface area contributed by atoms with Gasteiger partial charge in [0.2, 0.25) is 0 Å². The van der Waals surface area contributed by atoms with E-state index in [0.29, 0.717) is 24.2 Å². The maximum absolute atomic E-state index is 13.4. The molecule has 0 amide bonds. The molecule has 3 aromatic rings. The molecule has 1 unspecified atom stereocenters. The number of nitrogens with zero attached hydrogens (tertiary/aromatic N) is 1. The number of ether oxygens (including phenoxy) is 1. The molecular weight excluding hydrogens is 496 g/mol. The third kappa shape index (κ3) is 6.91. The lowest BCUT2D eigenvalue weighted by Crippen LogP contribution is -2.45. The van der Waals surface area contributed by atoms with E-state index in [1.54, 1.807) is 42.5 Å². The molecule has 0 bridgehead atoms. The Kier molecular flexibility index (Phi) is 8.37. The molecule has 0 spiro atoms. The lowest BCUT2D eigenvalue weighted by Gasteiger charge is -2.40. The molecule has 198 valence electrons. The molecule has 0 saturated carbocycles. The fourth-order valence-corrected chi connectivity index (χ4v) is 4.37. The molecule has 37 heavy (non-hydrogen) atoms. The highest BCUT2D eigenvalue weighted by molar-refractivity contribution is 5.90. The topological polar surface area (TPSA) is 29.5 Å². The average Bonchev–Trinajstić information content (AvgIpc) is 2.83. The smallest absolute Gasteiger partial charge is 0.416 e. The van der Waals surface area contributed by atoms with Crippen LogP contribution in [-0.2, 0) is 29.1 Å². The van der Waals surface area contributed by atoms with Crippen molar-refractivity contribution in [2.24, 2.45) is 5.92 Å². The molecule has 0 fully saturated rings. The second kappa shape index (κ2) is 11.0. The summed E-state index contributed by atoms with van der Waals surface area (Å²) in [5.74, 6) is -1.68. The SMILES string of the molecule is C[C@@H](CN(C)C)C(Cc1ccccc1)(OC(=O)c1cc(C(F)(F)F)cc(C(F)(F)F)c1)c1ccccc1. The number of hydrogen-bond donors (Lipinski definition) is 0. The van der Waals surface area contributed by atoms with Crippen molar-refractivity contribution in [1.29, 1.82) is 0 Å². The van der Waals surface area contributed by atoms with Gasteiger partial charge in [0.1, 0.15) is 5.60 Å². The van der Waals surface area contributed by atoms with Crippen molar-refractivity contribution in [2.45, 2.75) is 31.3 Å². The maximum Gasteiger partial charge on any atom is 0.416 e.